The Balaban J connectivity index is 2.16. The topological polar surface area (TPSA) is 80.0 Å². The van der Waals surface area contributed by atoms with E-state index in [1.54, 1.807) is 4.90 Å². The molecule has 2 aromatic rings. The van der Waals surface area contributed by atoms with Crippen molar-refractivity contribution < 1.29 is 0 Å². The van der Waals surface area contributed by atoms with E-state index < -0.39 is 5.54 Å². The summed E-state index contributed by atoms with van der Waals surface area (Å²) in [5, 5.41) is 3.44. The van der Waals surface area contributed by atoms with E-state index in [9.17, 15) is 0 Å². The number of aromatic nitrogens is 3. The molecule has 1 heterocycles. The standard InChI is InChI=1S/C18H24N6/c1-13(15-20-16(19)22-17(21-15)24(4)5)23-18(2,3)12-11-14-9-7-6-8-10-14/h6-10,13,23H,1-5H3,(H2,19,20,21,22). The van der Waals surface area contributed by atoms with Crippen LogP contribution in [0.1, 0.15) is 38.2 Å². The van der Waals surface area contributed by atoms with Crippen molar-refractivity contribution >= 4 is 11.9 Å². The van der Waals surface area contributed by atoms with Gasteiger partial charge in [-0.1, -0.05) is 30.0 Å². The van der Waals surface area contributed by atoms with Gasteiger partial charge < -0.3 is 10.6 Å². The Morgan fingerprint density at radius 3 is 2.42 bits per heavy atom. The van der Waals surface area contributed by atoms with Gasteiger partial charge in [0.2, 0.25) is 11.9 Å². The van der Waals surface area contributed by atoms with E-state index in [-0.39, 0.29) is 12.0 Å². The second kappa shape index (κ2) is 7.28. The van der Waals surface area contributed by atoms with E-state index in [0.717, 1.165) is 5.56 Å². The van der Waals surface area contributed by atoms with Crippen LogP contribution in [0.5, 0.6) is 0 Å². The van der Waals surface area contributed by atoms with Crippen molar-refractivity contribution in [1.29, 1.82) is 0 Å². The van der Waals surface area contributed by atoms with Crippen LogP contribution >= 0.6 is 0 Å². The third kappa shape index (κ3) is 4.93. The van der Waals surface area contributed by atoms with Gasteiger partial charge in [0.15, 0.2) is 5.82 Å². The summed E-state index contributed by atoms with van der Waals surface area (Å²) in [5.41, 5.74) is 6.37. The number of rotatable bonds is 4. The van der Waals surface area contributed by atoms with Gasteiger partial charge in [-0.2, -0.15) is 15.0 Å². The SMILES string of the molecule is CC(NC(C)(C)C#Cc1ccccc1)c1nc(N)nc(N(C)C)n1. The molecule has 0 aliphatic heterocycles. The maximum atomic E-state index is 5.79. The minimum atomic E-state index is -0.408. The lowest BCUT2D eigenvalue weighted by molar-refractivity contribution is 0.418. The van der Waals surface area contributed by atoms with Crippen molar-refractivity contribution in [3.63, 3.8) is 0 Å². The molecule has 1 unspecified atom stereocenters. The number of nitrogens with zero attached hydrogens (tertiary/aromatic N) is 4. The largest absolute Gasteiger partial charge is 0.368 e. The van der Waals surface area contributed by atoms with Crippen LogP contribution in [0, 0.1) is 11.8 Å². The van der Waals surface area contributed by atoms with E-state index in [2.05, 4.69) is 32.1 Å². The first-order chi connectivity index (χ1) is 11.3. The van der Waals surface area contributed by atoms with E-state index >= 15 is 0 Å². The molecule has 6 nitrogen and oxygen atoms in total. The van der Waals surface area contributed by atoms with E-state index in [1.165, 1.54) is 0 Å². The first kappa shape index (κ1) is 17.7. The lowest BCUT2D eigenvalue weighted by Gasteiger charge is -2.25. The molecule has 0 amide bonds. The highest BCUT2D eigenvalue weighted by atomic mass is 15.3. The number of hydrogen-bond donors (Lipinski definition) is 2. The number of nitrogens with one attached hydrogen (secondary N) is 1. The maximum absolute atomic E-state index is 5.79. The molecule has 1 aromatic carbocycles. The predicted molar refractivity (Wildman–Crippen MR) is 97.5 cm³/mol. The number of hydrogen-bond acceptors (Lipinski definition) is 6. The van der Waals surface area contributed by atoms with Crippen molar-refractivity contribution in [2.24, 2.45) is 0 Å². The first-order valence-corrected chi connectivity index (χ1v) is 7.81. The second-order valence-corrected chi connectivity index (χ2v) is 6.35. The van der Waals surface area contributed by atoms with Crippen LogP contribution in [0.25, 0.3) is 0 Å². The van der Waals surface area contributed by atoms with Crippen molar-refractivity contribution in [3.8, 4) is 11.8 Å². The van der Waals surface area contributed by atoms with Gasteiger partial charge in [0.05, 0.1) is 11.6 Å². The molecule has 0 spiro atoms. The normalized spacial score (nSPS) is 12.2. The van der Waals surface area contributed by atoms with Crippen molar-refractivity contribution in [2.75, 3.05) is 24.7 Å². The van der Waals surface area contributed by atoms with Crippen LogP contribution in [0.2, 0.25) is 0 Å². The van der Waals surface area contributed by atoms with Gasteiger partial charge in [-0.05, 0) is 32.9 Å². The molecule has 0 radical (unpaired) electrons. The van der Waals surface area contributed by atoms with E-state index in [4.69, 9.17) is 5.73 Å². The molecule has 1 atom stereocenters. The molecule has 0 bridgehead atoms. The van der Waals surface area contributed by atoms with Crippen molar-refractivity contribution in [2.45, 2.75) is 32.4 Å². The lowest BCUT2D eigenvalue weighted by Crippen LogP contribution is -2.40. The highest BCUT2D eigenvalue weighted by Gasteiger charge is 2.21. The molecule has 0 aliphatic carbocycles. The summed E-state index contributed by atoms with van der Waals surface area (Å²) in [6.07, 6.45) is 0. The Bertz CT molecular complexity index is 743. The van der Waals surface area contributed by atoms with Gasteiger partial charge in [-0.15, -0.1) is 0 Å². The summed E-state index contributed by atoms with van der Waals surface area (Å²) in [6, 6.07) is 9.79. The second-order valence-electron chi connectivity index (χ2n) is 6.35. The van der Waals surface area contributed by atoms with Crippen LogP contribution in [-0.2, 0) is 0 Å². The molecule has 3 N–H and O–H groups in total. The van der Waals surface area contributed by atoms with Gasteiger partial charge in [0.25, 0.3) is 0 Å². The molecule has 1 aromatic heterocycles. The number of nitrogen functional groups attached to an aromatic ring is 1. The highest BCUT2D eigenvalue weighted by molar-refractivity contribution is 5.36. The molecule has 126 valence electrons. The van der Waals surface area contributed by atoms with Crippen LogP contribution in [0.3, 0.4) is 0 Å². The third-order valence-corrected chi connectivity index (χ3v) is 3.32. The molecule has 24 heavy (non-hydrogen) atoms. The fraction of sp³-hybridized carbons (Fsp3) is 0.389. The summed E-state index contributed by atoms with van der Waals surface area (Å²) in [5.74, 6) is 7.79. The Morgan fingerprint density at radius 1 is 1.12 bits per heavy atom. The molecule has 6 heteroatoms. The van der Waals surface area contributed by atoms with Gasteiger partial charge in [-0.3, -0.25) is 5.32 Å². The molecule has 0 saturated heterocycles. The fourth-order valence-corrected chi connectivity index (χ4v) is 2.18. The van der Waals surface area contributed by atoms with Crippen LogP contribution in [-0.4, -0.2) is 34.6 Å². The molecule has 2 rings (SSSR count). The summed E-state index contributed by atoms with van der Waals surface area (Å²) in [7, 11) is 3.73. The minimum absolute atomic E-state index is 0.117. The lowest BCUT2D eigenvalue weighted by atomic mass is 10.0. The molecular formula is C18H24N6. The summed E-state index contributed by atoms with van der Waals surface area (Å²) in [6.45, 7) is 6.04. The minimum Gasteiger partial charge on any atom is -0.368 e. The Labute approximate surface area is 143 Å². The maximum Gasteiger partial charge on any atom is 0.229 e. The first-order valence-electron chi connectivity index (χ1n) is 7.81. The summed E-state index contributed by atoms with van der Waals surface area (Å²) < 4.78 is 0. The predicted octanol–water partition coefficient (Wildman–Crippen LogP) is 2.00. The Morgan fingerprint density at radius 2 is 1.79 bits per heavy atom. The zero-order chi connectivity index (χ0) is 17.7. The molecular weight excluding hydrogens is 300 g/mol. The fourth-order valence-electron chi connectivity index (χ4n) is 2.18. The Kier molecular flexibility index (Phi) is 5.37. The van der Waals surface area contributed by atoms with Gasteiger partial charge in [0.1, 0.15) is 0 Å². The zero-order valence-electron chi connectivity index (χ0n) is 14.8. The van der Waals surface area contributed by atoms with Crippen molar-refractivity contribution in [3.05, 3.63) is 41.7 Å². The highest BCUT2D eigenvalue weighted by Crippen LogP contribution is 2.16. The molecule has 0 fully saturated rings. The molecule has 0 aliphatic rings. The molecule has 0 saturated carbocycles. The van der Waals surface area contributed by atoms with Crippen LogP contribution in [0.15, 0.2) is 30.3 Å². The average Bonchev–Trinajstić information content (AvgIpc) is 2.53. The third-order valence-electron chi connectivity index (χ3n) is 3.32. The number of anilines is 2. The number of nitrogens with two attached hydrogens (primary N) is 1. The zero-order valence-corrected chi connectivity index (χ0v) is 14.8. The van der Waals surface area contributed by atoms with Gasteiger partial charge >= 0.3 is 0 Å². The summed E-state index contributed by atoms with van der Waals surface area (Å²) in [4.78, 5) is 14.6. The average molecular weight is 324 g/mol. The van der Waals surface area contributed by atoms with Crippen LogP contribution < -0.4 is 16.0 Å². The monoisotopic (exact) mass is 324 g/mol. The summed E-state index contributed by atoms with van der Waals surface area (Å²) >= 11 is 0. The van der Waals surface area contributed by atoms with Gasteiger partial charge in [-0.25, -0.2) is 0 Å². The van der Waals surface area contributed by atoms with Crippen LogP contribution in [0.4, 0.5) is 11.9 Å². The Hall–Kier alpha value is -2.65. The smallest absolute Gasteiger partial charge is 0.229 e. The van der Waals surface area contributed by atoms with Gasteiger partial charge in [0, 0.05) is 19.7 Å². The quantitative estimate of drug-likeness (QED) is 0.838. The number of benzene rings is 1. The van der Waals surface area contributed by atoms with E-state index in [0.29, 0.717) is 11.8 Å². The van der Waals surface area contributed by atoms with Crippen molar-refractivity contribution in [1.82, 2.24) is 20.3 Å². The van der Waals surface area contributed by atoms with E-state index in [1.807, 2.05) is 65.2 Å².